The fraction of sp³-hybridized carbons (Fsp3) is 0.133. The summed E-state index contributed by atoms with van der Waals surface area (Å²) < 4.78 is 0.938. The minimum absolute atomic E-state index is 0.0972. The van der Waals surface area contributed by atoms with Crippen molar-refractivity contribution in [1.29, 1.82) is 0 Å². The minimum Gasteiger partial charge on any atom is -0.512 e. The predicted octanol–water partition coefficient (Wildman–Crippen LogP) is 3.72. The number of aliphatic hydroxyl groups excluding tert-OH is 1. The number of carbonyl (C=O) groups is 1. The minimum atomic E-state index is -0.709. The molecule has 102 valence electrons. The number of amides is 1. The van der Waals surface area contributed by atoms with Gasteiger partial charge in [-0.1, -0.05) is 28.1 Å². The van der Waals surface area contributed by atoms with Gasteiger partial charge >= 0.3 is 0 Å². The van der Waals surface area contributed by atoms with E-state index in [1.165, 1.54) is 6.08 Å². The molecule has 5 heteroatoms. The molecule has 3 nitrogen and oxygen atoms in total. The first-order chi connectivity index (χ1) is 9.60. The summed E-state index contributed by atoms with van der Waals surface area (Å²) >= 11 is 5.03. The maximum Gasteiger partial charge on any atom is 0.248 e. The third kappa shape index (κ3) is 2.27. The van der Waals surface area contributed by atoms with E-state index in [-0.39, 0.29) is 11.7 Å². The number of aliphatic hydroxyl groups is 1. The first-order valence-corrected chi connectivity index (χ1v) is 7.84. The van der Waals surface area contributed by atoms with Gasteiger partial charge in [0.25, 0.3) is 0 Å². The molecule has 1 amide bonds. The summed E-state index contributed by atoms with van der Waals surface area (Å²) in [5.41, 5.74) is 1.21. The van der Waals surface area contributed by atoms with Crippen molar-refractivity contribution in [2.45, 2.75) is 12.0 Å². The van der Waals surface area contributed by atoms with Gasteiger partial charge in [-0.25, -0.2) is 0 Å². The van der Waals surface area contributed by atoms with Crippen molar-refractivity contribution in [3.63, 3.8) is 0 Å². The Bertz CT molecular complexity index is 681. The number of hydrogen-bond acceptors (Lipinski definition) is 3. The Balaban J connectivity index is 2.19. The quantitative estimate of drug-likeness (QED) is 0.867. The molecule has 1 atom stereocenters. The van der Waals surface area contributed by atoms with Crippen molar-refractivity contribution >= 4 is 33.2 Å². The van der Waals surface area contributed by atoms with E-state index in [2.05, 4.69) is 21.2 Å². The zero-order valence-corrected chi connectivity index (χ0v) is 12.9. The summed E-state index contributed by atoms with van der Waals surface area (Å²) in [5, 5.41) is 16.9. The third-order valence-corrected chi connectivity index (χ3v) is 4.59. The van der Waals surface area contributed by atoms with E-state index in [9.17, 15) is 9.90 Å². The van der Waals surface area contributed by atoms with E-state index in [0.29, 0.717) is 6.42 Å². The molecule has 0 fully saturated rings. The van der Waals surface area contributed by atoms with E-state index < -0.39 is 5.54 Å². The zero-order chi connectivity index (χ0) is 14.2. The second-order valence-corrected chi connectivity index (χ2v) is 6.43. The molecule has 1 aliphatic rings. The highest BCUT2D eigenvalue weighted by atomic mass is 79.9. The molecule has 0 bridgehead atoms. The molecule has 20 heavy (non-hydrogen) atoms. The number of rotatable bonds is 2. The highest BCUT2D eigenvalue weighted by Gasteiger charge is 2.39. The molecule has 0 saturated carbocycles. The molecule has 0 aliphatic carbocycles. The maximum absolute atomic E-state index is 11.9. The molecular formula is C15H12BrNO2S. The van der Waals surface area contributed by atoms with Crippen molar-refractivity contribution in [3.05, 3.63) is 68.5 Å². The number of halogens is 1. The van der Waals surface area contributed by atoms with Gasteiger partial charge in [0.2, 0.25) is 5.91 Å². The van der Waals surface area contributed by atoms with Crippen LogP contribution in [0.2, 0.25) is 0 Å². The van der Waals surface area contributed by atoms with Crippen molar-refractivity contribution in [2.24, 2.45) is 0 Å². The molecule has 2 N–H and O–H groups in total. The van der Waals surface area contributed by atoms with E-state index in [1.54, 1.807) is 11.3 Å². The number of nitrogens with one attached hydrogen (secondary N) is 1. The molecular weight excluding hydrogens is 338 g/mol. The first-order valence-electron chi connectivity index (χ1n) is 6.10. The Labute approximate surface area is 129 Å². The van der Waals surface area contributed by atoms with E-state index in [0.717, 1.165) is 15.6 Å². The Morgan fingerprint density at radius 1 is 1.30 bits per heavy atom. The Kier molecular flexibility index (Phi) is 3.40. The van der Waals surface area contributed by atoms with E-state index >= 15 is 0 Å². The number of benzene rings is 1. The SMILES string of the molecule is O=C1C=C(O)C[C@](c2ccsc2)(c2cccc(Br)c2)N1. The average molecular weight is 350 g/mol. The number of carbonyl (C=O) groups excluding carboxylic acids is 1. The molecule has 1 aliphatic heterocycles. The predicted molar refractivity (Wildman–Crippen MR) is 82.7 cm³/mol. The van der Waals surface area contributed by atoms with Gasteiger partial charge in [-0.3, -0.25) is 4.79 Å². The molecule has 0 unspecified atom stereocenters. The number of hydrogen-bond donors (Lipinski definition) is 2. The van der Waals surface area contributed by atoms with E-state index in [4.69, 9.17) is 0 Å². The van der Waals surface area contributed by atoms with Crippen LogP contribution in [-0.4, -0.2) is 11.0 Å². The van der Waals surface area contributed by atoms with Gasteiger partial charge in [0.05, 0.1) is 5.54 Å². The Morgan fingerprint density at radius 3 is 2.80 bits per heavy atom. The zero-order valence-electron chi connectivity index (χ0n) is 10.5. The van der Waals surface area contributed by atoms with Gasteiger partial charge in [-0.2, -0.15) is 11.3 Å². The van der Waals surface area contributed by atoms with Crippen molar-refractivity contribution < 1.29 is 9.90 Å². The van der Waals surface area contributed by atoms with Crippen LogP contribution in [0.1, 0.15) is 17.5 Å². The second kappa shape index (κ2) is 5.07. The van der Waals surface area contributed by atoms with Crippen LogP contribution in [0.15, 0.2) is 57.4 Å². The second-order valence-electron chi connectivity index (χ2n) is 4.73. The molecule has 0 spiro atoms. The largest absolute Gasteiger partial charge is 0.512 e. The highest BCUT2D eigenvalue weighted by molar-refractivity contribution is 9.10. The highest BCUT2D eigenvalue weighted by Crippen LogP contribution is 2.39. The van der Waals surface area contributed by atoms with Crippen LogP contribution in [-0.2, 0) is 10.3 Å². The summed E-state index contributed by atoms with van der Waals surface area (Å²) in [7, 11) is 0. The monoisotopic (exact) mass is 349 g/mol. The van der Waals surface area contributed by atoms with Crippen molar-refractivity contribution in [1.82, 2.24) is 5.32 Å². The average Bonchev–Trinajstić information content (AvgIpc) is 2.91. The molecule has 2 heterocycles. The lowest BCUT2D eigenvalue weighted by molar-refractivity contribution is -0.119. The lowest BCUT2D eigenvalue weighted by Gasteiger charge is -2.37. The third-order valence-electron chi connectivity index (χ3n) is 3.41. The van der Waals surface area contributed by atoms with Crippen LogP contribution in [0.5, 0.6) is 0 Å². The molecule has 1 aromatic carbocycles. The Morgan fingerprint density at radius 2 is 2.15 bits per heavy atom. The fourth-order valence-corrected chi connectivity index (χ4v) is 3.67. The van der Waals surface area contributed by atoms with Crippen LogP contribution in [0.3, 0.4) is 0 Å². The summed E-state index contributed by atoms with van der Waals surface area (Å²) in [6.07, 6.45) is 1.59. The summed E-state index contributed by atoms with van der Waals surface area (Å²) in [5.74, 6) is -0.181. The standard InChI is InChI=1S/C15H12BrNO2S/c16-12-3-1-2-10(6-12)15(11-4-5-20-9-11)8-13(18)7-14(19)17-15/h1-7,9,18H,8H2,(H,17,19)/t15-/m1/s1. The van der Waals surface area contributed by atoms with E-state index in [1.807, 2.05) is 41.1 Å². The van der Waals surface area contributed by atoms with Crippen LogP contribution in [0.25, 0.3) is 0 Å². The van der Waals surface area contributed by atoms with Gasteiger partial charge < -0.3 is 10.4 Å². The lowest BCUT2D eigenvalue weighted by atomic mass is 9.79. The first kappa shape index (κ1) is 13.4. The molecule has 1 aromatic heterocycles. The molecule has 3 rings (SSSR count). The van der Waals surface area contributed by atoms with Gasteiger partial charge in [0.15, 0.2) is 0 Å². The van der Waals surface area contributed by atoms with Crippen molar-refractivity contribution in [3.8, 4) is 0 Å². The summed E-state index contributed by atoms with van der Waals surface area (Å²) in [4.78, 5) is 11.9. The van der Waals surface area contributed by atoms with Crippen LogP contribution in [0.4, 0.5) is 0 Å². The van der Waals surface area contributed by atoms with Crippen molar-refractivity contribution in [2.75, 3.05) is 0 Å². The van der Waals surface area contributed by atoms with Gasteiger partial charge in [0.1, 0.15) is 5.76 Å². The number of thiophene rings is 1. The lowest BCUT2D eigenvalue weighted by Crippen LogP contribution is -2.49. The topological polar surface area (TPSA) is 49.3 Å². The molecule has 0 radical (unpaired) electrons. The summed E-state index contributed by atoms with van der Waals surface area (Å²) in [6, 6.07) is 9.77. The van der Waals surface area contributed by atoms with Crippen LogP contribution < -0.4 is 5.32 Å². The van der Waals surface area contributed by atoms with Gasteiger partial charge in [0, 0.05) is 17.0 Å². The molecule has 0 saturated heterocycles. The van der Waals surface area contributed by atoms with Gasteiger partial charge in [-0.15, -0.1) is 0 Å². The maximum atomic E-state index is 11.9. The Hall–Kier alpha value is -1.59. The van der Waals surface area contributed by atoms with Crippen LogP contribution >= 0.6 is 27.3 Å². The fourth-order valence-electron chi connectivity index (χ4n) is 2.54. The normalized spacial score (nSPS) is 22.2. The smallest absolute Gasteiger partial charge is 0.248 e. The van der Waals surface area contributed by atoms with Crippen LogP contribution in [0, 0.1) is 0 Å². The summed E-state index contributed by atoms with van der Waals surface area (Å²) in [6.45, 7) is 0. The van der Waals surface area contributed by atoms with Gasteiger partial charge in [-0.05, 0) is 40.1 Å². The molecule has 2 aromatic rings.